The molecule has 0 bridgehead atoms. The summed E-state index contributed by atoms with van der Waals surface area (Å²) < 4.78 is 14.7. The van der Waals surface area contributed by atoms with Gasteiger partial charge in [-0.3, -0.25) is 9.59 Å². The number of nitrogens with one attached hydrogen (secondary N) is 1. The third kappa shape index (κ3) is 8.69. The summed E-state index contributed by atoms with van der Waals surface area (Å²) in [5.41, 5.74) is 6.15. The van der Waals surface area contributed by atoms with Crippen LogP contribution in [0.1, 0.15) is 53.9 Å². The predicted molar refractivity (Wildman–Crippen MR) is 181 cm³/mol. The number of carboxylic acids is 1. The lowest BCUT2D eigenvalue weighted by Gasteiger charge is -2.36. The van der Waals surface area contributed by atoms with Gasteiger partial charge in [0.15, 0.2) is 6.29 Å². The highest BCUT2D eigenvalue weighted by molar-refractivity contribution is 7.99. The SMILES string of the molecule is O=C(O)CCC(=O)NCc1ccccc1-c1ccc([C@@H]2O[C@H](CSc3nnnn3-c3ccc(O)cc3)C[C@H](c3ccc(CO)cc3)O2)cc1. The Labute approximate surface area is 286 Å². The van der Waals surface area contributed by atoms with Crippen molar-refractivity contribution in [3.63, 3.8) is 0 Å². The van der Waals surface area contributed by atoms with E-state index in [0.717, 1.165) is 39.1 Å². The van der Waals surface area contributed by atoms with E-state index >= 15 is 0 Å². The van der Waals surface area contributed by atoms with Crippen LogP contribution >= 0.6 is 11.8 Å². The summed E-state index contributed by atoms with van der Waals surface area (Å²) >= 11 is 1.46. The third-order valence-electron chi connectivity index (χ3n) is 8.10. The van der Waals surface area contributed by atoms with Crippen molar-refractivity contribution in [2.24, 2.45) is 0 Å². The van der Waals surface area contributed by atoms with Crippen LogP contribution in [0.15, 0.2) is 102 Å². The second kappa shape index (κ2) is 15.9. The molecule has 0 radical (unpaired) electrons. The molecule has 49 heavy (non-hydrogen) atoms. The van der Waals surface area contributed by atoms with Crippen molar-refractivity contribution in [2.75, 3.05) is 5.75 Å². The zero-order chi connectivity index (χ0) is 34.2. The first kappa shape index (κ1) is 33.8. The van der Waals surface area contributed by atoms with Gasteiger partial charge in [0.05, 0.1) is 30.9 Å². The molecule has 2 heterocycles. The highest BCUT2D eigenvalue weighted by Gasteiger charge is 2.33. The zero-order valence-corrected chi connectivity index (χ0v) is 27.2. The molecule has 4 N–H and O–H groups in total. The van der Waals surface area contributed by atoms with E-state index in [1.807, 2.05) is 72.8 Å². The van der Waals surface area contributed by atoms with Gasteiger partial charge < -0.3 is 30.1 Å². The Morgan fingerprint density at radius 3 is 2.37 bits per heavy atom. The van der Waals surface area contributed by atoms with E-state index in [9.17, 15) is 19.8 Å². The van der Waals surface area contributed by atoms with Crippen molar-refractivity contribution >= 4 is 23.6 Å². The van der Waals surface area contributed by atoms with Gasteiger partial charge >= 0.3 is 5.97 Å². The van der Waals surface area contributed by atoms with Crippen LogP contribution in [0.4, 0.5) is 0 Å². The molecule has 1 aromatic heterocycles. The van der Waals surface area contributed by atoms with Crippen molar-refractivity contribution < 1.29 is 34.4 Å². The number of phenols is 1. The Bertz CT molecular complexity index is 1870. The summed E-state index contributed by atoms with van der Waals surface area (Å²) in [7, 11) is 0. The summed E-state index contributed by atoms with van der Waals surface area (Å²) in [5.74, 6) is -0.622. The number of aliphatic hydroxyl groups is 1. The van der Waals surface area contributed by atoms with Crippen molar-refractivity contribution in [3.8, 4) is 22.6 Å². The lowest BCUT2D eigenvalue weighted by Crippen LogP contribution is -2.31. The molecule has 1 saturated heterocycles. The first-order chi connectivity index (χ1) is 23.9. The van der Waals surface area contributed by atoms with E-state index in [-0.39, 0.29) is 49.9 Å². The molecule has 1 fully saturated rings. The van der Waals surface area contributed by atoms with E-state index in [0.29, 0.717) is 17.3 Å². The quantitative estimate of drug-likeness (QED) is 0.118. The number of carbonyl (C=O) groups excluding carboxylic acids is 1. The summed E-state index contributed by atoms with van der Waals surface area (Å²) in [6, 6.07) is 30.0. The fourth-order valence-electron chi connectivity index (χ4n) is 5.49. The Morgan fingerprint density at radius 2 is 1.63 bits per heavy atom. The van der Waals surface area contributed by atoms with E-state index in [4.69, 9.17) is 14.6 Å². The van der Waals surface area contributed by atoms with Crippen LogP contribution in [0.25, 0.3) is 16.8 Å². The second-order valence-electron chi connectivity index (χ2n) is 11.5. The highest BCUT2D eigenvalue weighted by atomic mass is 32.2. The molecule has 0 aliphatic carbocycles. The second-order valence-corrected chi connectivity index (χ2v) is 12.5. The first-order valence-corrected chi connectivity index (χ1v) is 16.7. The molecule has 0 unspecified atom stereocenters. The number of carbonyl (C=O) groups is 2. The fourth-order valence-corrected chi connectivity index (χ4v) is 6.40. The van der Waals surface area contributed by atoms with E-state index in [2.05, 4.69) is 20.8 Å². The molecule has 0 saturated carbocycles. The van der Waals surface area contributed by atoms with Crippen LogP contribution in [0.5, 0.6) is 5.75 Å². The summed E-state index contributed by atoms with van der Waals surface area (Å²) in [4.78, 5) is 23.0. The molecule has 5 aromatic rings. The number of aliphatic carboxylic acids is 1. The number of aromatic hydroxyl groups is 1. The number of hydrogen-bond acceptors (Lipinski definition) is 10. The lowest BCUT2D eigenvalue weighted by molar-refractivity contribution is -0.245. The molecule has 1 aliphatic heterocycles. The number of ether oxygens (including phenoxy) is 2. The number of rotatable bonds is 13. The standard InChI is InChI=1S/C36H35N5O7S/c42-21-23-5-7-25(8-6-23)32-19-30(22-49-36-38-39-40-41(36)28-13-15-29(43)16-14-28)47-35(48-32)26-11-9-24(10-12-26)31-4-2-1-3-27(31)20-37-33(44)17-18-34(45)46/h1-16,30,32,35,42-43H,17-22H2,(H,37,44)(H,45,46)/t30-,32+,35+/m0/s1. The van der Waals surface area contributed by atoms with Crippen molar-refractivity contribution in [2.45, 2.75) is 56.1 Å². The van der Waals surface area contributed by atoms with Gasteiger partial charge in [-0.25, -0.2) is 0 Å². The smallest absolute Gasteiger partial charge is 0.303 e. The molecule has 6 rings (SSSR count). The monoisotopic (exact) mass is 681 g/mol. The Balaban J connectivity index is 1.19. The van der Waals surface area contributed by atoms with Crippen LogP contribution in [0.3, 0.4) is 0 Å². The van der Waals surface area contributed by atoms with Gasteiger partial charge in [-0.1, -0.05) is 84.6 Å². The maximum Gasteiger partial charge on any atom is 0.303 e. The van der Waals surface area contributed by atoms with Gasteiger partial charge in [0.1, 0.15) is 5.75 Å². The molecule has 0 spiro atoms. The molecule has 12 nitrogen and oxygen atoms in total. The Hall–Kier alpha value is -5.08. The Kier molecular flexibility index (Phi) is 11.0. The molecule has 1 aliphatic rings. The van der Waals surface area contributed by atoms with Crippen LogP contribution in [-0.2, 0) is 32.2 Å². The average Bonchev–Trinajstić information content (AvgIpc) is 3.61. The average molecular weight is 682 g/mol. The number of benzene rings is 4. The number of aromatic nitrogens is 4. The van der Waals surface area contributed by atoms with Crippen LogP contribution < -0.4 is 5.32 Å². The third-order valence-corrected chi connectivity index (χ3v) is 9.15. The number of carboxylic acid groups (broad SMARTS) is 1. The zero-order valence-electron chi connectivity index (χ0n) is 26.4. The van der Waals surface area contributed by atoms with Crippen molar-refractivity contribution in [1.29, 1.82) is 0 Å². The summed E-state index contributed by atoms with van der Waals surface area (Å²) in [6.07, 6.45) is -0.848. The van der Waals surface area contributed by atoms with Crippen LogP contribution in [0.2, 0.25) is 0 Å². The number of amides is 1. The minimum atomic E-state index is -1.01. The maximum atomic E-state index is 12.1. The maximum absolute atomic E-state index is 12.1. The topological polar surface area (TPSA) is 169 Å². The van der Waals surface area contributed by atoms with Crippen molar-refractivity contribution in [3.05, 3.63) is 119 Å². The van der Waals surface area contributed by atoms with Crippen LogP contribution in [0, 0.1) is 0 Å². The van der Waals surface area contributed by atoms with Crippen molar-refractivity contribution in [1.82, 2.24) is 25.5 Å². The van der Waals surface area contributed by atoms with E-state index in [1.54, 1.807) is 28.9 Å². The van der Waals surface area contributed by atoms with E-state index in [1.165, 1.54) is 11.8 Å². The number of aliphatic hydroxyl groups excluding tert-OH is 1. The van der Waals surface area contributed by atoms with E-state index < -0.39 is 12.3 Å². The molecule has 1 amide bonds. The Morgan fingerprint density at radius 1 is 0.898 bits per heavy atom. The van der Waals surface area contributed by atoms with Gasteiger partial charge in [-0.15, -0.1) is 5.10 Å². The minimum Gasteiger partial charge on any atom is -0.508 e. The highest BCUT2D eigenvalue weighted by Crippen LogP contribution is 2.40. The van der Waals surface area contributed by atoms with Gasteiger partial charge in [-0.05, 0) is 62.5 Å². The number of hydrogen-bond donors (Lipinski definition) is 4. The lowest BCUT2D eigenvalue weighted by atomic mass is 9.97. The number of thioether (sulfide) groups is 1. The van der Waals surface area contributed by atoms with Crippen LogP contribution in [-0.4, -0.2) is 59.3 Å². The minimum absolute atomic E-state index is 0.0425. The molecular formula is C36H35N5O7S. The number of tetrazole rings is 1. The fraction of sp³-hybridized carbons (Fsp3) is 0.250. The van der Waals surface area contributed by atoms with Gasteiger partial charge in [-0.2, -0.15) is 4.68 Å². The van der Waals surface area contributed by atoms with Gasteiger partial charge in [0.25, 0.3) is 0 Å². The molecule has 3 atom stereocenters. The largest absolute Gasteiger partial charge is 0.508 e. The molecule has 13 heteroatoms. The number of phenolic OH excluding ortho intramolecular Hbond substituents is 1. The van der Waals surface area contributed by atoms with Gasteiger partial charge in [0.2, 0.25) is 11.1 Å². The molecular weight excluding hydrogens is 646 g/mol. The van der Waals surface area contributed by atoms with Gasteiger partial charge in [0, 0.05) is 30.7 Å². The normalized spacial score (nSPS) is 17.4. The molecule has 4 aromatic carbocycles. The summed E-state index contributed by atoms with van der Waals surface area (Å²) in [6.45, 7) is 0.233. The predicted octanol–water partition coefficient (Wildman–Crippen LogP) is 5.35. The molecule has 252 valence electrons. The first-order valence-electron chi connectivity index (χ1n) is 15.7. The number of nitrogens with zero attached hydrogens (tertiary/aromatic N) is 4. The summed E-state index contributed by atoms with van der Waals surface area (Å²) in [5, 5.41) is 43.7.